The lowest BCUT2D eigenvalue weighted by molar-refractivity contribution is -0.125. The third-order valence-corrected chi connectivity index (χ3v) is 3.03. The van der Waals surface area contributed by atoms with E-state index in [1.54, 1.807) is 12.1 Å². The number of Topliss-reactive ketones (excluding diaryl/α,β-unsaturated/α-hetero) is 1. The van der Waals surface area contributed by atoms with Crippen LogP contribution in [-0.2, 0) is 9.53 Å². The first-order valence-electron chi connectivity index (χ1n) is 5.47. The number of ether oxygens (including phenoxy) is 1. The van der Waals surface area contributed by atoms with E-state index in [0.29, 0.717) is 12.0 Å². The van der Waals surface area contributed by atoms with E-state index in [2.05, 4.69) is 0 Å². The van der Waals surface area contributed by atoms with E-state index >= 15 is 0 Å². The molecule has 1 aromatic rings. The predicted molar refractivity (Wildman–Crippen MR) is 59.1 cm³/mol. The van der Waals surface area contributed by atoms with E-state index in [0.717, 1.165) is 5.56 Å². The van der Waals surface area contributed by atoms with Crippen molar-refractivity contribution in [3.63, 3.8) is 0 Å². The summed E-state index contributed by atoms with van der Waals surface area (Å²) in [7, 11) is 0. The van der Waals surface area contributed by atoms with Crippen LogP contribution in [0.2, 0.25) is 0 Å². The van der Waals surface area contributed by atoms with Gasteiger partial charge in [0.2, 0.25) is 0 Å². The fourth-order valence-electron chi connectivity index (χ4n) is 2.04. The van der Waals surface area contributed by atoms with Gasteiger partial charge in [-0.3, -0.25) is 4.79 Å². The molecule has 2 rings (SSSR count). The Labute approximate surface area is 94.4 Å². The van der Waals surface area contributed by atoms with Crippen LogP contribution < -0.4 is 0 Å². The maximum Gasteiger partial charge on any atom is 0.339 e. The van der Waals surface area contributed by atoms with Crippen molar-refractivity contribution < 1.29 is 14.3 Å². The second kappa shape index (κ2) is 4.08. The minimum atomic E-state index is -0.406. The van der Waals surface area contributed by atoms with Crippen molar-refractivity contribution in [2.45, 2.75) is 26.4 Å². The molecule has 3 heteroatoms. The quantitative estimate of drug-likeness (QED) is 0.732. The Morgan fingerprint density at radius 1 is 1.44 bits per heavy atom. The summed E-state index contributed by atoms with van der Waals surface area (Å²) in [6, 6.07) is 7.25. The van der Waals surface area contributed by atoms with Gasteiger partial charge < -0.3 is 4.74 Å². The molecule has 1 aromatic carbocycles. The first-order chi connectivity index (χ1) is 7.65. The number of hydrogen-bond acceptors (Lipinski definition) is 3. The zero-order valence-electron chi connectivity index (χ0n) is 9.40. The molecule has 0 spiro atoms. The summed E-state index contributed by atoms with van der Waals surface area (Å²) >= 11 is 0. The van der Waals surface area contributed by atoms with Gasteiger partial charge in [0.15, 0.2) is 0 Å². The van der Waals surface area contributed by atoms with Gasteiger partial charge in [0.05, 0.1) is 11.5 Å². The monoisotopic (exact) mass is 218 g/mol. The third kappa shape index (κ3) is 1.62. The summed E-state index contributed by atoms with van der Waals surface area (Å²) in [4.78, 5) is 23.2. The molecule has 0 N–H and O–H groups in total. The molecular weight excluding hydrogens is 204 g/mol. The van der Waals surface area contributed by atoms with E-state index < -0.39 is 6.10 Å². The molecule has 3 nitrogen and oxygen atoms in total. The molecule has 0 bridgehead atoms. The van der Waals surface area contributed by atoms with Gasteiger partial charge in [0.25, 0.3) is 0 Å². The molecule has 0 radical (unpaired) electrons. The number of cyclic esters (lactones) is 1. The van der Waals surface area contributed by atoms with Crippen molar-refractivity contribution in [3.05, 3.63) is 35.4 Å². The summed E-state index contributed by atoms with van der Waals surface area (Å²) in [5.74, 6) is -0.469. The van der Waals surface area contributed by atoms with Crippen molar-refractivity contribution >= 4 is 11.8 Å². The van der Waals surface area contributed by atoms with Gasteiger partial charge in [0.1, 0.15) is 11.9 Å². The maximum absolute atomic E-state index is 11.6. The Balaban J connectivity index is 2.34. The van der Waals surface area contributed by atoms with Crippen LogP contribution in [-0.4, -0.2) is 11.8 Å². The highest BCUT2D eigenvalue weighted by Gasteiger charge is 2.36. The van der Waals surface area contributed by atoms with Gasteiger partial charge in [-0.15, -0.1) is 0 Å². The number of benzene rings is 1. The molecule has 2 unspecified atom stereocenters. The largest absolute Gasteiger partial charge is 0.453 e. The lowest BCUT2D eigenvalue weighted by Gasteiger charge is -2.17. The van der Waals surface area contributed by atoms with Gasteiger partial charge in [-0.25, -0.2) is 4.79 Å². The van der Waals surface area contributed by atoms with Crippen molar-refractivity contribution in [2.75, 3.05) is 0 Å². The second-order valence-electron chi connectivity index (χ2n) is 4.02. The SMILES string of the molecule is CCC(=O)C(C)C1OC(=O)c2ccccc21. The topological polar surface area (TPSA) is 43.4 Å². The van der Waals surface area contributed by atoms with Crippen molar-refractivity contribution in [3.8, 4) is 0 Å². The standard InChI is InChI=1S/C13H14O3/c1-3-11(14)8(2)12-9-6-4-5-7-10(9)13(15)16-12/h4-8,12H,3H2,1-2H3. The first kappa shape index (κ1) is 10.9. The van der Waals surface area contributed by atoms with Gasteiger partial charge in [-0.2, -0.15) is 0 Å². The van der Waals surface area contributed by atoms with E-state index in [-0.39, 0.29) is 17.7 Å². The van der Waals surface area contributed by atoms with Crippen LogP contribution in [0.15, 0.2) is 24.3 Å². The number of esters is 1. The molecular formula is C13H14O3. The van der Waals surface area contributed by atoms with Crippen LogP contribution in [0, 0.1) is 5.92 Å². The van der Waals surface area contributed by atoms with Crippen LogP contribution in [0.25, 0.3) is 0 Å². The summed E-state index contributed by atoms with van der Waals surface area (Å²) < 4.78 is 5.26. The number of carbonyl (C=O) groups is 2. The second-order valence-corrected chi connectivity index (χ2v) is 4.02. The first-order valence-corrected chi connectivity index (χ1v) is 5.47. The van der Waals surface area contributed by atoms with Crippen LogP contribution in [0.1, 0.15) is 42.3 Å². The zero-order valence-corrected chi connectivity index (χ0v) is 9.40. The van der Waals surface area contributed by atoms with Gasteiger partial charge >= 0.3 is 5.97 Å². The number of rotatable bonds is 3. The normalized spacial score (nSPS) is 20.1. The highest BCUT2D eigenvalue weighted by atomic mass is 16.5. The highest BCUT2D eigenvalue weighted by Crippen LogP contribution is 2.36. The van der Waals surface area contributed by atoms with Crippen molar-refractivity contribution in [1.82, 2.24) is 0 Å². The summed E-state index contributed by atoms with van der Waals surface area (Å²) in [5.41, 5.74) is 1.42. The molecule has 0 aromatic heterocycles. The molecule has 0 amide bonds. The highest BCUT2D eigenvalue weighted by molar-refractivity contribution is 5.95. The summed E-state index contributed by atoms with van der Waals surface area (Å²) in [6.07, 6.45) is 0.0633. The van der Waals surface area contributed by atoms with Gasteiger partial charge in [0, 0.05) is 12.0 Å². The molecule has 16 heavy (non-hydrogen) atoms. The predicted octanol–water partition coefficient (Wildman–Crippen LogP) is 2.51. The fraction of sp³-hybridized carbons (Fsp3) is 0.385. The lowest BCUT2D eigenvalue weighted by Crippen LogP contribution is -2.18. The minimum Gasteiger partial charge on any atom is -0.453 e. The fourth-order valence-corrected chi connectivity index (χ4v) is 2.04. The Morgan fingerprint density at radius 3 is 2.81 bits per heavy atom. The zero-order chi connectivity index (χ0) is 11.7. The average molecular weight is 218 g/mol. The number of fused-ring (bicyclic) bond motifs is 1. The Hall–Kier alpha value is -1.64. The molecule has 0 fully saturated rings. The molecule has 1 aliphatic heterocycles. The van der Waals surface area contributed by atoms with Crippen molar-refractivity contribution in [2.24, 2.45) is 5.92 Å². The minimum absolute atomic E-state index is 0.120. The van der Waals surface area contributed by atoms with Crippen LogP contribution in [0.5, 0.6) is 0 Å². The third-order valence-electron chi connectivity index (χ3n) is 3.03. The van der Waals surface area contributed by atoms with Crippen molar-refractivity contribution in [1.29, 1.82) is 0 Å². The summed E-state index contributed by atoms with van der Waals surface area (Å²) in [6.45, 7) is 3.63. The van der Waals surface area contributed by atoms with E-state index in [1.165, 1.54) is 0 Å². The van der Waals surface area contributed by atoms with E-state index in [1.807, 2.05) is 26.0 Å². The average Bonchev–Trinajstić information content (AvgIpc) is 2.65. The van der Waals surface area contributed by atoms with E-state index in [4.69, 9.17) is 4.74 Å². The Morgan fingerprint density at radius 2 is 2.12 bits per heavy atom. The Kier molecular flexibility index (Phi) is 2.77. The molecule has 1 aliphatic rings. The van der Waals surface area contributed by atoms with E-state index in [9.17, 15) is 9.59 Å². The lowest BCUT2D eigenvalue weighted by atomic mass is 9.92. The smallest absolute Gasteiger partial charge is 0.339 e. The number of hydrogen-bond donors (Lipinski definition) is 0. The Bertz CT molecular complexity index is 437. The maximum atomic E-state index is 11.6. The molecule has 1 heterocycles. The van der Waals surface area contributed by atoms with Gasteiger partial charge in [-0.05, 0) is 6.07 Å². The van der Waals surface area contributed by atoms with Crippen LogP contribution in [0.4, 0.5) is 0 Å². The number of ketones is 1. The molecule has 0 aliphatic carbocycles. The molecule has 0 saturated heterocycles. The van der Waals surface area contributed by atoms with Crippen LogP contribution in [0.3, 0.4) is 0 Å². The van der Waals surface area contributed by atoms with Gasteiger partial charge in [-0.1, -0.05) is 32.0 Å². The molecule has 84 valence electrons. The molecule has 2 atom stereocenters. The number of carbonyl (C=O) groups excluding carboxylic acids is 2. The molecule has 0 saturated carbocycles. The van der Waals surface area contributed by atoms with Crippen LogP contribution >= 0.6 is 0 Å². The summed E-state index contributed by atoms with van der Waals surface area (Å²) in [5, 5.41) is 0.